The summed E-state index contributed by atoms with van der Waals surface area (Å²) in [5.41, 5.74) is 0. The number of allylic oxidation sites excluding steroid dienone is 4. The van der Waals surface area contributed by atoms with E-state index in [9.17, 15) is 24.2 Å². The van der Waals surface area contributed by atoms with E-state index in [0.29, 0.717) is 12.8 Å². The van der Waals surface area contributed by atoms with Crippen LogP contribution in [0.5, 0.6) is 0 Å². The summed E-state index contributed by atoms with van der Waals surface area (Å²) in [5, 5.41) is 18.4. The zero-order valence-electron chi connectivity index (χ0n) is 37.3. The Bertz CT molecular complexity index is 1020. The van der Waals surface area contributed by atoms with E-state index in [-0.39, 0.29) is 19.4 Å². The average Bonchev–Trinajstić information content (AvgIpc) is 3.21. The van der Waals surface area contributed by atoms with Crippen LogP contribution in [0, 0.1) is 0 Å². The van der Waals surface area contributed by atoms with Gasteiger partial charge in [-0.25, -0.2) is 4.57 Å². The van der Waals surface area contributed by atoms with Crippen LogP contribution >= 0.6 is 7.82 Å². The van der Waals surface area contributed by atoms with E-state index in [2.05, 4.69) is 38.2 Å². The fourth-order valence-electron chi connectivity index (χ4n) is 6.67. The molecule has 0 aromatic rings. The first-order chi connectivity index (χ1) is 28.2. The minimum Gasteiger partial charge on any atom is -0.462 e. The maximum Gasteiger partial charge on any atom is 0.472 e. The smallest absolute Gasteiger partial charge is 0.462 e. The third-order valence-corrected chi connectivity index (χ3v) is 11.3. The molecule has 0 fully saturated rings. The summed E-state index contributed by atoms with van der Waals surface area (Å²) in [4.78, 5) is 35.1. The van der Waals surface area contributed by atoms with Gasteiger partial charge in [0.15, 0.2) is 6.10 Å². The molecule has 0 heterocycles. The fourth-order valence-corrected chi connectivity index (χ4v) is 7.46. The maximum absolute atomic E-state index is 12.6. The Morgan fingerprint density at radius 1 is 0.517 bits per heavy atom. The molecule has 3 N–H and O–H groups in total. The number of esters is 2. The summed E-state index contributed by atoms with van der Waals surface area (Å²) in [5.74, 6) is -0.918. The Morgan fingerprint density at radius 3 is 1.36 bits per heavy atom. The zero-order chi connectivity index (χ0) is 42.6. The van der Waals surface area contributed by atoms with Gasteiger partial charge in [0.25, 0.3) is 0 Å². The second kappa shape index (κ2) is 43.5. The highest BCUT2D eigenvalue weighted by molar-refractivity contribution is 7.47. The highest BCUT2D eigenvalue weighted by Gasteiger charge is 2.27. The normalized spacial score (nSPS) is 13.9. The Morgan fingerprint density at radius 2 is 0.897 bits per heavy atom. The van der Waals surface area contributed by atoms with Gasteiger partial charge in [0, 0.05) is 12.8 Å². The van der Waals surface area contributed by atoms with Crippen molar-refractivity contribution in [3.8, 4) is 0 Å². The van der Waals surface area contributed by atoms with Crippen LogP contribution in [-0.2, 0) is 32.7 Å². The summed E-state index contributed by atoms with van der Waals surface area (Å²) in [6, 6.07) is 0. The van der Waals surface area contributed by atoms with Crippen LogP contribution in [0.3, 0.4) is 0 Å². The van der Waals surface area contributed by atoms with Crippen molar-refractivity contribution >= 4 is 19.8 Å². The largest absolute Gasteiger partial charge is 0.472 e. The first kappa shape index (κ1) is 56.5. The van der Waals surface area contributed by atoms with Crippen LogP contribution in [-0.4, -0.2) is 65.7 Å². The summed E-state index contributed by atoms with van der Waals surface area (Å²) >= 11 is 0. The lowest BCUT2D eigenvalue weighted by Crippen LogP contribution is -2.29. The Kier molecular flexibility index (Phi) is 42.4. The number of hydrogen-bond acceptors (Lipinski definition) is 9. The number of rotatable bonds is 45. The number of phosphoric ester groups is 1. The molecule has 0 aromatic carbocycles. The first-order valence-electron chi connectivity index (χ1n) is 23.8. The van der Waals surface area contributed by atoms with E-state index in [1.54, 1.807) is 0 Å². The van der Waals surface area contributed by atoms with Crippen LogP contribution in [0.1, 0.15) is 226 Å². The van der Waals surface area contributed by atoms with Gasteiger partial charge >= 0.3 is 19.8 Å². The second-order valence-electron chi connectivity index (χ2n) is 16.1. The number of phosphoric acid groups is 1. The third-order valence-electron chi connectivity index (χ3n) is 10.4. The molecule has 11 heteroatoms. The molecule has 0 aliphatic heterocycles. The summed E-state index contributed by atoms with van der Waals surface area (Å²) in [6.07, 6.45) is 44.2. The molecule has 0 aliphatic carbocycles. The van der Waals surface area contributed by atoms with Crippen molar-refractivity contribution in [1.82, 2.24) is 0 Å². The predicted molar refractivity (Wildman–Crippen MR) is 238 cm³/mol. The van der Waals surface area contributed by atoms with Gasteiger partial charge < -0.3 is 24.6 Å². The molecule has 342 valence electrons. The lowest BCUT2D eigenvalue weighted by Gasteiger charge is -2.20. The van der Waals surface area contributed by atoms with Gasteiger partial charge in [0.2, 0.25) is 0 Å². The van der Waals surface area contributed by atoms with E-state index in [0.717, 1.165) is 51.4 Å². The van der Waals surface area contributed by atoms with Gasteiger partial charge in [-0.2, -0.15) is 0 Å². The highest BCUT2D eigenvalue weighted by Crippen LogP contribution is 2.43. The van der Waals surface area contributed by atoms with E-state index < -0.39 is 51.8 Å². The Labute approximate surface area is 355 Å². The summed E-state index contributed by atoms with van der Waals surface area (Å²) < 4.78 is 32.8. The minimum absolute atomic E-state index is 0.188. The lowest BCUT2D eigenvalue weighted by atomic mass is 10.0. The molecule has 0 saturated carbocycles. The molecule has 3 atom stereocenters. The number of hydrogen-bond donors (Lipinski definition) is 3. The average molecular weight is 845 g/mol. The van der Waals surface area contributed by atoms with Crippen molar-refractivity contribution < 1.29 is 47.8 Å². The van der Waals surface area contributed by atoms with Crippen molar-refractivity contribution in [2.75, 3.05) is 26.4 Å². The monoisotopic (exact) mass is 845 g/mol. The van der Waals surface area contributed by atoms with Crippen molar-refractivity contribution in [2.24, 2.45) is 0 Å². The van der Waals surface area contributed by atoms with Crippen LogP contribution in [0.4, 0.5) is 0 Å². The zero-order valence-corrected chi connectivity index (χ0v) is 38.2. The van der Waals surface area contributed by atoms with Gasteiger partial charge in [0.1, 0.15) is 12.7 Å². The number of aliphatic hydroxyl groups excluding tert-OH is 2. The highest BCUT2D eigenvalue weighted by atomic mass is 31.2. The number of carbonyl (C=O) groups excluding carboxylic acids is 2. The van der Waals surface area contributed by atoms with E-state index >= 15 is 0 Å². The molecule has 0 rings (SSSR count). The molecule has 0 bridgehead atoms. The number of ether oxygens (including phenoxy) is 2. The molecular weight excluding hydrogens is 755 g/mol. The van der Waals surface area contributed by atoms with E-state index in [1.807, 2.05) is 0 Å². The van der Waals surface area contributed by atoms with Crippen molar-refractivity contribution in [3.05, 3.63) is 24.3 Å². The van der Waals surface area contributed by atoms with Crippen molar-refractivity contribution in [1.29, 1.82) is 0 Å². The standard InChI is InChI=1S/C47H89O10P/c1-3-5-7-9-11-13-15-17-19-21-22-23-25-26-28-30-32-34-36-38-46(50)54-42-45(43-56-58(52,53)55-41-44(49)40-48)57-47(51)39-37-35-33-31-29-27-24-20-18-16-14-12-10-8-6-4-2/h11,13,17,19,44-45,48-49H,3-10,12,14-16,18,20-43H2,1-2H3,(H,52,53)/b13-11+,19-17+/t44-,45+/m0/s1. The predicted octanol–water partition coefficient (Wildman–Crippen LogP) is 13.0. The molecular formula is C47H89O10P. The van der Waals surface area contributed by atoms with Gasteiger partial charge in [-0.05, 0) is 44.9 Å². The molecule has 58 heavy (non-hydrogen) atoms. The second-order valence-corrected chi connectivity index (χ2v) is 17.6. The molecule has 0 amide bonds. The lowest BCUT2D eigenvalue weighted by molar-refractivity contribution is -0.161. The van der Waals surface area contributed by atoms with Crippen LogP contribution in [0.25, 0.3) is 0 Å². The molecule has 0 radical (unpaired) electrons. The maximum atomic E-state index is 12.6. The van der Waals surface area contributed by atoms with Crippen molar-refractivity contribution in [3.63, 3.8) is 0 Å². The number of unbranched alkanes of at least 4 members (excludes halogenated alkanes) is 27. The third kappa shape index (κ3) is 42.6. The van der Waals surface area contributed by atoms with Crippen molar-refractivity contribution in [2.45, 2.75) is 238 Å². The summed E-state index contributed by atoms with van der Waals surface area (Å²) in [7, 11) is -4.62. The van der Waals surface area contributed by atoms with Gasteiger partial charge in [-0.3, -0.25) is 18.6 Å². The minimum atomic E-state index is -4.62. The summed E-state index contributed by atoms with van der Waals surface area (Å²) in [6.45, 7) is 2.39. The Hall–Kier alpha value is -1.55. The van der Waals surface area contributed by atoms with Crippen LogP contribution in [0.15, 0.2) is 24.3 Å². The molecule has 1 unspecified atom stereocenters. The first-order valence-corrected chi connectivity index (χ1v) is 25.3. The van der Waals surface area contributed by atoms with Gasteiger partial charge in [-0.15, -0.1) is 0 Å². The quantitative estimate of drug-likeness (QED) is 0.0234. The topological polar surface area (TPSA) is 149 Å². The molecule has 0 aromatic heterocycles. The fraction of sp³-hybridized carbons (Fsp3) is 0.872. The molecule has 0 saturated heterocycles. The SMILES string of the molecule is CCCCC/C=C/C/C=C/CCCCCCCCCCCC(=O)OC[C@H](COP(=O)(O)OC[C@@H](O)CO)OC(=O)CCCCCCCCCCCCCCCCCC. The van der Waals surface area contributed by atoms with E-state index in [4.69, 9.17) is 23.6 Å². The Balaban J connectivity index is 4.21. The van der Waals surface area contributed by atoms with Gasteiger partial charge in [0.05, 0.1) is 19.8 Å². The van der Waals surface area contributed by atoms with E-state index in [1.165, 1.54) is 135 Å². The number of aliphatic hydroxyl groups is 2. The molecule has 0 spiro atoms. The molecule has 10 nitrogen and oxygen atoms in total. The van der Waals surface area contributed by atoms with Gasteiger partial charge in [-0.1, -0.05) is 192 Å². The van der Waals surface area contributed by atoms with Crippen LogP contribution in [0.2, 0.25) is 0 Å². The number of carbonyl (C=O) groups is 2. The molecule has 0 aliphatic rings. The van der Waals surface area contributed by atoms with Crippen LogP contribution < -0.4 is 0 Å².